The Morgan fingerprint density at radius 2 is 1.67 bits per heavy atom. The van der Waals surface area contributed by atoms with Crippen LogP contribution in [0.25, 0.3) is 5.57 Å². The van der Waals surface area contributed by atoms with Gasteiger partial charge in [-0.1, -0.05) is 53.9 Å². The molecule has 0 nitrogen and oxygen atoms in total. The summed E-state index contributed by atoms with van der Waals surface area (Å²) in [4.78, 5) is 0. The molecule has 1 saturated carbocycles. The van der Waals surface area contributed by atoms with Crippen LogP contribution in [0, 0.1) is 5.92 Å². The highest BCUT2D eigenvalue weighted by molar-refractivity contribution is 9.10. The summed E-state index contributed by atoms with van der Waals surface area (Å²) >= 11 is 3.46. The molecule has 0 aliphatic heterocycles. The van der Waals surface area contributed by atoms with E-state index < -0.39 is 0 Å². The molecule has 0 spiro atoms. The van der Waals surface area contributed by atoms with Gasteiger partial charge in [0.15, 0.2) is 0 Å². The van der Waals surface area contributed by atoms with Crippen molar-refractivity contribution in [1.29, 1.82) is 0 Å². The number of hydrogen-bond acceptors (Lipinski definition) is 0. The minimum atomic E-state index is 0.722. The summed E-state index contributed by atoms with van der Waals surface area (Å²) in [5.41, 5.74) is 2.65. The largest absolute Gasteiger partial charge is 0.0950 e. The van der Waals surface area contributed by atoms with E-state index in [0.29, 0.717) is 0 Å². The number of halogens is 1. The van der Waals surface area contributed by atoms with E-state index in [2.05, 4.69) is 46.8 Å². The van der Waals surface area contributed by atoms with Crippen molar-refractivity contribution in [3.05, 3.63) is 40.9 Å². The first-order valence-corrected chi connectivity index (χ1v) is 6.51. The van der Waals surface area contributed by atoms with Crippen LogP contribution in [-0.2, 0) is 0 Å². The second-order valence-corrected chi connectivity index (χ2v) is 5.28. The first-order chi connectivity index (χ1) is 7.27. The van der Waals surface area contributed by atoms with Crippen LogP contribution in [0.2, 0.25) is 0 Å². The van der Waals surface area contributed by atoms with Crippen molar-refractivity contribution < 1.29 is 0 Å². The zero-order chi connectivity index (χ0) is 10.7. The highest BCUT2D eigenvalue weighted by Gasteiger charge is 2.17. The topological polar surface area (TPSA) is 0 Å². The van der Waals surface area contributed by atoms with Crippen LogP contribution in [0.5, 0.6) is 0 Å². The van der Waals surface area contributed by atoms with Gasteiger partial charge < -0.3 is 0 Å². The van der Waals surface area contributed by atoms with Crippen molar-refractivity contribution in [2.45, 2.75) is 32.1 Å². The fraction of sp³-hybridized carbons (Fsp3) is 0.429. The lowest BCUT2D eigenvalue weighted by atomic mass is 9.82. The van der Waals surface area contributed by atoms with E-state index >= 15 is 0 Å². The third-order valence-electron chi connectivity index (χ3n) is 3.31. The average molecular weight is 265 g/mol. The summed E-state index contributed by atoms with van der Waals surface area (Å²) in [5.74, 6) is 0.722. The molecule has 0 heterocycles. The van der Waals surface area contributed by atoms with Gasteiger partial charge in [0.25, 0.3) is 0 Å². The van der Waals surface area contributed by atoms with Gasteiger partial charge in [-0.15, -0.1) is 0 Å². The van der Waals surface area contributed by atoms with Crippen molar-refractivity contribution in [3.8, 4) is 0 Å². The van der Waals surface area contributed by atoms with Gasteiger partial charge >= 0.3 is 0 Å². The predicted octanol–water partition coefficient (Wildman–Crippen LogP) is 5.04. The molecule has 1 fully saturated rings. The molecule has 1 aliphatic carbocycles. The van der Waals surface area contributed by atoms with E-state index in [-0.39, 0.29) is 0 Å². The molecule has 0 saturated heterocycles. The first-order valence-electron chi connectivity index (χ1n) is 5.72. The molecular formula is C14H17Br. The Balaban J connectivity index is 2.09. The summed E-state index contributed by atoms with van der Waals surface area (Å²) in [6.45, 7) is 4.26. The summed E-state index contributed by atoms with van der Waals surface area (Å²) in [6, 6.07) is 8.54. The minimum absolute atomic E-state index is 0.722. The quantitative estimate of drug-likeness (QED) is 0.702. The number of rotatable bonds is 2. The SMILES string of the molecule is C=C(c1ccc(Br)cc1)C1CCCCC1. The van der Waals surface area contributed by atoms with E-state index in [1.54, 1.807) is 0 Å². The molecule has 0 bridgehead atoms. The molecule has 0 atom stereocenters. The molecule has 0 amide bonds. The molecule has 0 aromatic heterocycles. The van der Waals surface area contributed by atoms with Crippen molar-refractivity contribution in [1.82, 2.24) is 0 Å². The molecule has 1 aliphatic rings. The molecular weight excluding hydrogens is 248 g/mol. The fourth-order valence-corrected chi connectivity index (χ4v) is 2.62. The lowest BCUT2D eigenvalue weighted by Crippen LogP contribution is -2.07. The maximum absolute atomic E-state index is 4.26. The Morgan fingerprint density at radius 3 is 2.27 bits per heavy atom. The number of hydrogen-bond donors (Lipinski definition) is 0. The van der Waals surface area contributed by atoms with Crippen LogP contribution in [0.3, 0.4) is 0 Å². The number of benzene rings is 1. The Morgan fingerprint density at radius 1 is 1.07 bits per heavy atom. The Kier molecular flexibility index (Phi) is 3.63. The predicted molar refractivity (Wildman–Crippen MR) is 69.8 cm³/mol. The van der Waals surface area contributed by atoms with Gasteiger partial charge in [-0.05, 0) is 42.0 Å². The normalized spacial score (nSPS) is 17.7. The standard InChI is InChI=1S/C14H17Br/c1-11(12-5-3-2-4-6-12)13-7-9-14(15)10-8-13/h7-10,12H,1-6H2. The van der Waals surface area contributed by atoms with E-state index in [0.717, 1.165) is 10.4 Å². The average Bonchev–Trinajstić information content (AvgIpc) is 2.30. The van der Waals surface area contributed by atoms with E-state index in [9.17, 15) is 0 Å². The second kappa shape index (κ2) is 4.98. The molecule has 2 rings (SSSR count). The second-order valence-electron chi connectivity index (χ2n) is 4.37. The van der Waals surface area contributed by atoms with E-state index in [1.165, 1.54) is 43.2 Å². The van der Waals surface area contributed by atoms with E-state index in [4.69, 9.17) is 0 Å². The van der Waals surface area contributed by atoms with E-state index in [1.807, 2.05) is 0 Å². The molecule has 1 aromatic rings. The summed E-state index contributed by atoms with van der Waals surface area (Å²) in [5, 5.41) is 0. The monoisotopic (exact) mass is 264 g/mol. The van der Waals surface area contributed by atoms with Gasteiger partial charge in [0.05, 0.1) is 0 Å². The molecule has 0 N–H and O–H groups in total. The maximum atomic E-state index is 4.26. The summed E-state index contributed by atoms with van der Waals surface area (Å²) in [6.07, 6.45) is 6.81. The van der Waals surface area contributed by atoms with Crippen molar-refractivity contribution in [2.75, 3.05) is 0 Å². The molecule has 1 aromatic carbocycles. The van der Waals surface area contributed by atoms with Crippen molar-refractivity contribution in [2.24, 2.45) is 5.92 Å². The zero-order valence-corrected chi connectivity index (χ0v) is 10.6. The Labute approximate surface area is 101 Å². The first kappa shape index (κ1) is 10.9. The van der Waals surface area contributed by atoms with Crippen LogP contribution in [0.15, 0.2) is 35.3 Å². The summed E-state index contributed by atoms with van der Waals surface area (Å²) in [7, 11) is 0. The lowest BCUT2D eigenvalue weighted by molar-refractivity contribution is 0.430. The smallest absolute Gasteiger partial charge is 0.0175 e. The molecule has 15 heavy (non-hydrogen) atoms. The molecule has 0 unspecified atom stereocenters. The number of allylic oxidation sites excluding steroid dienone is 1. The van der Waals surface area contributed by atoms with Gasteiger partial charge in [-0.3, -0.25) is 0 Å². The van der Waals surface area contributed by atoms with Gasteiger partial charge in [0.2, 0.25) is 0 Å². The minimum Gasteiger partial charge on any atom is -0.0950 e. The third-order valence-corrected chi connectivity index (χ3v) is 3.84. The maximum Gasteiger partial charge on any atom is 0.0175 e. The van der Waals surface area contributed by atoms with Gasteiger partial charge in [-0.25, -0.2) is 0 Å². The van der Waals surface area contributed by atoms with Gasteiger partial charge in [0, 0.05) is 4.47 Å². The van der Waals surface area contributed by atoms with Crippen LogP contribution < -0.4 is 0 Å². The van der Waals surface area contributed by atoms with Crippen LogP contribution >= 0.6 is 15.9 Å². The van der Waals surface area contributed by atoms with Gasteiger partial charge in [0.1, 0.15) is 0 Å². The molecule has 1 heteroatoms. The summed E-state index contributed by atoms with van der Waals surface area (Å²) < 4.78 is 1.14. The van der Waals surface area contributed by atoms with Crippen LogP contribution in [-0.4, -0.2) is 0 Å². The molecule has 80 valence electrons. The third kappa shape index (κ3) is 2.72. The highest BCUT2D eigenvalue weighted by atomic mass is 79.9. The van der Waals surface area contributed by atoms with Gasteiger partial charge in [-0.2, -0.15) is 0 Å². The van der Waals surface area contributed by atoms with Crippen molar-refractivity contribution >= 4 is 21.5 Å². The highest BCUT2D eigenvalue weighted by Crippen LogP contribution is 2.34. The lowest BCUT2D eigenvalue weighted by Gasteiger charge is -2.23. The Bertz CT molecular complexity index is 331. The van der Waals surface area contributed by atoms with Crippen molar-refractivity contribution in [3.63, 3.8) is 0 Å². The zero-order valence-electron chi connectivity index (χ0n) is 9.01. The molecule has 0 radical (unpaired) electrons. The fourth-order valence-electron chi connectivity index (χ4n) is 2.35. The van der Waals surface area contributed by atoms with Crippen LogP contribution in [0.4, 0.5) is 0 Å². The van der Waals surface area contributed by atoms with Crippen LogP contribution in [0.1, 0.15) is 37.7 Å². The Hall–Kier alpha value is -0.560.